The molecule has 0 fully saturated rings. The van der Waals surface area contributed by atoms with Gasteiger partial charge in [-0.05, 0) is 36.4 Å². The summed E-state index contributed by atoms with van der Waals surface area (Å²) in [5, 5.41) is 22.1. The van der Waals surface area contributed by atoms with Crippen molar-refractivity contribution in [2.45, 2.75) is 12.6 Å². The molecule has 0 aliphatic rings. The van der Waals surface area contributed by atoms with E-state index in [0.29, 0.717) is 22.2 Å². The minimum atomic E-state index is -1.34. The predicted octanol–water partition coefficient (Wildman–Crippen LogP) is 3.31. The monoisotopic (exact) mass is 357 g/mol. The highest BCUT2D eigenvalue weighted by atomic mass is 35.5. The Morgan fingerprint density at radius 1 is 1.36 bits per heavy atom. The van der Waals surface area contributed by atoms with E-state index in [9.17, 15) is 14.3 Å². The summed E-state index contributed by atoms with van der Waals surface area (Å²) in [5.41, 5.74) is 1.26. The number of rotatable bonds is 4. The molecule has 0 spiro atoms. The molecule has 1 aromatic heterocycles. The molecule has 1 heterocycles. The van der Waals surface area contributed by atoms with Crippen LogP contribution in [0.4, 0.5) is 10.1 Å². The number of carbonyl (C=O) groups is 1. The molecule has 0 saturated heterocycles. The van der Waals surface area contributed by atoms with Crippen molar-refractivity contribution in [2.24, 2.45) is 0 Å². The molecular formula is C18H13ClFN3O2. The number of carbonyl (C=O) groups excluding carboxylic acids is 1. The van der Waals surface area contributed by atoms with Gasteiger partial charge in [0.2, 0.25) is 0 Å². The third kappa shape index (κ3) is 3.48. The third-order valence-corrected chi connectivity index (χ3v) is 4.10. The third-order valence-electron chi connectivity index (χ3n) is 3.79. The average molecular weight is 358 g/mol. The SMILES string of the molecule is N#Cc1ccc(NC(=O)C(O)Cn2ccc3c(F)cccc32)cc1Cl. The highest BCUT2D eigenvalue weighted by Crippen LogP contribution is 2.21. The van der Waals surface area contributed by atoms with Crippen LogP contribution in [0, 0.1) is 17.1 Å². The largest absolute Gasteiger partial charge is 0.381 e. The van der Waals surface area contributed by atoms with Crippen molar-refractivity contribution < 1.29 is 14.3 Å². The maximum absolute atomic E-state index is 13.7. The average Bonchev–Trinajstić information content (AvgIpc) is 2.99. The molecular weight excluding hydrogens is 345 g/mol. The van der Waals surface area contributed by atoms with E-state index in [2.05, 4.69) is 5.32 Å². The van der Waals surface area contributed by atoms with Crippen LogP contribution in [0.25, 0.3) is 10.9 Å². The van der Waals surface area contributed by atoms with Crippen LogP contribution in [0.2, 0.25) is 5.02 Å². The number of fused-ring (bicyclic) bond motifs is 1. The van der Waals surface area contributed by atoms with E-state index in [1.54, 1.807) is 29.0 Å². The number of nitrogens with one attached hydrogen (secondary N) is 1. The molecule has 0 aliphatic heterocycles. The molecule has 0 bridgehead atoms. The van der Waals surface area contributed by atoms with Crippen molar-refractivity contribution >= 4 is 34.1 Å². The van der Waals surface area contributed by atoms with Gasteiger partial charge in [0.15, 0.2) is 6.10 Å². The van der Waals surface area contributed by atoms with Gasteiger partial charge in [-0.2, -0.15) is 5.26 Å². The maximum atomic E-state index is 13.7. The molecule has 2 N–H and O–H groups in total. The Morgan fingerprint density at radius 2 is 2.16 bits per heavy atom. The number of nitrogens with zero attached hydrogens (tertiary/aromatic N) is 2. The van der Waals surface area contributed by atoms with Gasteiger partial charge in [0.05, 0.1) is 22.6 Å². The summed E-state index contributed by atoms with van der Waals surface area (Å²) in [4.78, 5) is 12.2. The molecule has 0 aliphatic carbocycles. The number of anilines is 1. The second-order valence-electron chi connectivity index (χ2n) is 5.45. The van der Waals surface area contributed by atoms with Crippen molar-refractivity contribution in [3.63, 3.8) is 0 Å². The second-order valence-corrected chi connectivity index (χ2v) is 5.86. The van der Waals surface area contributed by atoms with Gasteiger partial charge in [-0.1, -0.05) is 17.7 Å². The summed E-state index contributed by atoms with van der Waals surface area (Å²) in [6.07, 6.45) is 0.274. The summed E-state index contributed by atoms with van der Waals surface area (Å²) in [6.45, 7) is -0.0250. The van der Waals surface area contributed by atoms with Gasteiger partial charge in [0.25, 0.3) is 5.91 Å². The summed E-state index contributed by atoms with van der Waals surface area (Å²) in [5.74, 6) is -0.985. The van der Waals surface area contributed by atoms with Crippen LogP contribution in [0.5, 0.6) is 0 Å². The van der Waals surface area contributed by atoms with E-state index in [4.69, 9.17) is 16.9 Å². The van der Waals surface area contributed by atoms with Crippen molar-refractivity contribution in [1.29, 1.82) is 5.26 Å². The first-order chi connectivity index (χ1) is 12.0. The van der Waals surface area contributed by atoms with Gasteiger partial charge < -0.3 is 15.0 Å². The fourth-order valence-electron chi connectivity index (χ4n) is 2.52. The summed E-state index contributed by atoms with van der Waals surface area (Å²) < 4.78 is 15.3. The van der Waals surface area contributed by atoms with Gasteiger partial charge in [-0.3, -0.25) is 4.79 Å². The van der Waals surface area contributed by atoms with E-state index in [0.717, 1.165) is 0 Å². The van der Waals surface area contributed by atoms with Crippen LogP contribution in [-0.2, 0) is 11.3 Å². The summed E-state index contributed by atoms with van der Waals surface area (Å²) in [6, 6.07) is 12.6. The lowest BCUT2D eigenvalue weighted by Gasteiger charge is -2.13. The Labute approximate surface area is 147 Å². The number of aliphatic hydroxyl groups excluding tert-OH is 1. The first-order valence-corrected chi connectivity index (χ1v) is 7.79. The number of halogens is 2. The summed E-state index contributed by atoms with van der Waals surface area (Å²) >= 11 is 5.91. The van der Waals surface area contributed by atoms with Gasteiger partial charge in [-0.15, -0.1) is 0 Å². The fraction of sp³-hybridized carbons (Fsp3) is 0.111. The van der Waals surface area contributed by atoms with Crippen LogP contribution >= 0.6 is 11.6 Å². The minimum absolute atomic E-state index is 0.0250. The number of aliphatic hydroxyl groups is 1. The molecule has 2 aromatic carbocycles. The zero-order valence-electron chi connectivity index (χ0n) is 12.9. The number of hydrogen-bond donors (Lipinski definition) is 2. The Morgan fingerprint density at radius 3 is 2.88 bits per heavy atom. The van der Waals surface area contributed by atoms with Crippen molar-refractivity contribution in [3.8, 4) is 6.07 Å². The van der Waals surface area contributed by atoms with Crippen molar-refractivity contribution in [1.82, 2.24) is 4.57 Å². The normalized spacial score (nSPS) is 11.9. The van der Waals surface area contributed by atoms with Crippen molar-refractivity contribution in [2.75, 3.05) is 5.32 Å². The van der Waals surface area contributed by atoms with Crippen LogP contribution in [-0.4, -0.2) is 21.7 Å². The van der Waals surface area contributed by atoms with E-state index < -0.39 is 12.0 Å². The molecule has 126 valence electrons. The molecule has 1 unspecified atom stereocenters. The smallest absolute Gasteiger partial charge is 0.255 e. The predicted molar refractivity (Wildman–Crippen MR) is 92.7 cm³/mol. The number of hydrogen-bond acceptors (Lipinski definition) is 3. The maximum Gasteiger partial charge on any atom is 0.255 e. The number of aromatic nitrogens is 1. The lowest BCUT2D eigenvalue weighted by Crippen LogP contribution is -2.31. The van der Waals surface area contributed by atoms with E-state index in [1.807, 2.05) is 6.07 Å². The number of benzene rings is 2. The van der Waals surface area contributed by atoms with Gasteiger partial charge >= 0.3 is 0 Å². The Bertz CT molecular complexity index is 994. The van der Waals surface area contributed by atoms with Gasteiger partial charge in [-0.25, -0.2) is 4.39 Å². The second kappa shape index (κ2) is 6.93. The molecule has 25 heavy (non-hydrogen) atoms. The Balaban J connectivity index is 1.73. The highest BCUT2D eigenvalue weighted by Gasteiger charge is 2.17. The Hall–Kier alpha value is -2.88. The molecule has 7 heteroatoms. The topological polar surface area (TPSA) is 78.1 Å². The van der Waals surface area contributed by atoms with Crippen molar-refractivity contribution in [3.05, 3.63) is 65.1 Å². The molecule has 3 aromatic rings. The lowest BCUT2D eigenvalue weighted by atomic mass is 10.2. The Kier molecular flexibility index (Phi) is 4.70. The van der Waals surface area contributed by atoms with Crippen LogP contribution in [0.15, 0.2) is 48.7 Å². The van der Waals surface area contributed by atoms with E-state index in [-0.39, 0.29) is 17.4 Å². The van der Waals surface area contributed by atoms with E-state index in [1.165, 1.54) is 24.3 Å². The standard InChI is InChI=1S/C18H13ClFN3O2/c19-14-8-12(5-4-11(14)9-21)22-18(25)17(24)10-23-7-6-13-15(20)2-1-3-16(13)23/h1-8,17,24H,10H2,(H,22,25). The molecule has 0 radical (unpaired) electrons. The molecule has 3 rings (SSSR count). The highest BCUT2D eigenvalue weighted by molar-refractivity contribution is 6.32. The number of nitriles is 1. The lowest BCUT2D eigenvalue weighted by molar-refractivity contribution is -0.124. The fourth-order valence-corrected chi connectivity index (χ4v) is 2.75. The van der Waals surface area contributed by atoms with Crippen LogP contribution in [0.3, 0.4) is 0 Å². The number of amides is 1. The zero-order chi connectivity index (χ0) is 18.0. The molecule has 0 saturated carbocycles. The van der Waals surface area contributed by atoms with Crippen LogP contribution < -0.4 is 5.32 Å². The van der Waals surface area contributed by atoms with Crippen LogP contribution in [0.1, 0.15) is 5.56 Å². The summed E-state index contributed by atoms with van der Waals surface area (Å²) in [7, 11) is 0. The van der Waals surface area contributed by atoms with Gasteiger partial charge in [0.1, 0.15) is 11.9 Å². The van der Waals surface area contributed by atoms with E-state index >= 15 is 0 Å². The van der Waals surface area contributed by atoms with Gasteiger partial charge in [0, 0.05) is 17.3 Å². The zero-order valence-corrected chi connectivity index (χ0v) is 13.7. The molecule has 1 amide bonds. The minimum Gasteiger partial charge on any atom is -0.381 e. The first kappa shape index (κ1) is 17.0. The molecule has 5 nitrogen and oxygen atoms in total. The molecule has 1 atom stereocenters. The first-order valence-electron chi connectivity index (χ1n) is 7.41. The quantitative estimate of drug-likeness (QED) is 0.752.